The van der Waals surface area contributed by atoms with Crippen LogP contribution in [0.1, 0.15) is 23.4 Å². The predicted octanol–water partition coefficient (Wildman–Crippen LogP) is 0.314. The fourth-order valence-corrected chi connectivity index (χ4v) is 3.20. The van der Waals surface area contributed by atoms with Crippen molar-refractivity contribution in [3.05, 3.63) is 17.0 Å². The molecule has 1 unspecified atom stereocenters. The second-order valence-corrected chi connectivity index (χ2v) is 6.39. The third kappa shape index (κ3) is 4.10. The summed E-state index contributed by atoms with van der Waals surface area (Å²) in [7, 11) is 0. The van der Waals surface area contributed by atoms with Gasteiger partial charge in [-0.1, -0.05) is 5.16 Å². The first-order valence-electron chi connectivity index (χ1n) is 8.36. The Morgan fingerprint density at radius 1 is 1.30 bits per heavy atom. The number of morpholine rings is 1. The number of ether oxygens (including phenoxy) is 1. The summed E-state index contributed by atoms with van der Waals surface area (Å²) < 4.78 is 10.6. The zero-order chi connectivity index (χ0) is 16.2. The average molecular weight is 322 g/mol. The average Bonchev–Trinajstić information content (AvgIpc) is 2.88. The molecule has 2 saturated heterocycles. The number of nitrogens with zero attached hydrogens (tertiary/aromatic N) is 3. The van der Waals surface area contributed by atoms with Gasteiger partial charge in [0.1, 0.15) is 5.76 Å². The van der Waals surface area contributed by atoms with Gasteiger partial charge in [0.05, 0.1) is 18.9 Å². The molecule has 1 atom stereocenters. The van der Waals surface area contributed by atoms with Crippen molar-refractivity contribution in [1.29, 1.82) is 0 Å². The maximum absolute atomic E-state index is 12.4. The zero-order valence-electron chi connectivity index (χ0n) is 14.0. The van der Waals surface area contributed by atoms with E-state index in [1.165, 1.54) is 5.56 Å². The van der Waals surface area contributed by atoms with Crippen LogP contribution in [-0.4, -0.2) is 72.8 Å². The summed E-state index contributed by atoms with van der Waals surface area (Å²) in [5, 5.41) is 7.34. The minimum absolute atomic E-state index is 0.164. The van der Waals surface area contributed by atoms with Crippen molar-refractivity contribution >= 4 is 5.91 Å². The monoisotopic (exact) mass is 322 g/mol. The van der Waals surface area contributed by atoms with Crippen molar-refractivity contribution in [3.8, 4) is 0 Å². The highest BCUT2D eigenvalue weighted by molar-refractivity contribution is 5.77. The summed E-state index contributed by atoms with van der Waals surface area (Å²) in [6.45, 7) is 10.4. The molecular weight excluding hydrogens is 296 g/mol. The third-order valence-corrected chi connectivity index (χ3v) is 4.71. The number of rotatable bonds is 4. The predicted molar refractivity (Wildman–Crippen MR) is 85.1 cm³/mol. The SMILES string of the molecule is Cc1noc(C)c1CN1CCN(C(=O)CC2COCCN2)CC1. The minimum atomic E-state index is 0.164. The molecule has 2 aliphatic heterocycles. The van der Waals surface area contributed by atoms with Crippen molar-refractivity contribution in [2.45, 2.75) is 32.9 Å². The van der Waals surface area contributed by atoms with Crippen LogP contribution in [-0.2, 0) is 16.1 Å². The zero-order valence-corrected chi connectivity index (χ0v) is 14.0. The quantitative estimate of drug-likeness (QED) is 0.860. The highest BCUT2D eigenvalue weighted by Crippen LogP contribution is 2.16. The van der Waals surface area contributed by atoms with E-state index in [1.54, 1.807) is 0 Å². The molecule has 0 aliphatic carbocycles. The maximum Gasteiger partial charge on any atom is 0.224 e. The van der Waals surface area contributed by atoms with Crippen LogP contribution in [0.25, 0.3) is 0 Å². The molecule has 2 aliphatic rings. The fraction of sp³-hybridized carbons (Fsp3) is 0.750. The fourth-order valence-electron chi connectivity index (χ4n) is 3.20. The molecule has 128 valence electrons. The molecule has 23 heavy (non-hydrogen) atoms. The van der Waals surface area contributed by atoms with E-state index >= 15 is 0 Å². The number of aromatic nitrogens is 1. The van der Waals surface area contributed by atoms with E-state index in [0.29, 0.717) is 13.0 Å². The number of hydrogen-bond donors (Lipinski definition) is 1. The summed E-state index contributed by atoms with van der Waals surface area (Å²) >= 11 is 0. The number of aryl methyl sites for hydroxylation is 2. The Morgan fingerprint density at radius 2 is 2.09 bits per heavy atom. The highest BCUT2D eigenvalue weighted by Gasteiger charge is 2.25. The molecule has 1 aromatic heterocycles. The number of carbonyl (C=O) groups is 1. The first-order chi connectivity index (χ1) is 11.1. The van der Waals surface area contributed by atoms with Crippen LogP contribution in [0.5, 0.6) is 0 Å². The molecule has 0 bridgehead atoms. The number of amides is 1. The van der Waals surface area contributed by atoms with Crippen molar-refractivity contribution in [3.63, 3.8) is 0 Å². The lowest BCUT2D eigenvalue weighted by atomic mass is 10.1. The molecule has 1 amide bonds. The second kappa shape index (κ2) is 7.42. The molecular formula is C16H26N4O3. The van der Waals surface area contributed by atoms with E-state index in [2.05, 4.69) is 15.4 Å². The summed E-state index contributed by atoms with van der Waals surface area (Å²) in [6.07, 6.45) is 0.532. The van der Waals surface area contributed by atoms with Gasteiger partial charge in [-0.05, 0) is 13.8 Å². The van der Waals surface area contributed by atoms with Crippen LogP contribution < -0.4 is 5.32 Å². The topological polar surface area (TPSA) is 70.8 Å². The standard InChI is InChI=1S/C16H26N4O3/c1-12-15(13(2)23-18-12)10-19-4-6-20(7-5-19)16(21)9-14-11-22-8-3-17-14/h14,17H,3-11H2,1-2H3. The van der Waals surface area contributed by atoms with Gasteiger partial charge in [0.2, 0.25) is 5.91 Å². The van der Waals surface area contributed by atoms with Gasteiger partial charge in [0, 0.05) is 57.3 Å². The van der Waals surface area contributed by atoms with Crippen LogP contribution in [0.2, 0.25) is 0 Å². The number of piperazine rings is 1. The Balaban J connectivity index is 1.45. The van der Waals surface area contributed by atoms with Gasteiger partial charge in [-0.15, -0.1) is 0 Å². The first kappa shape index (κ1) is 16.4. The smallest absolute Gasteiger partial charge is 0.224 e. The van der Waals surface area contributed by atoms with Crippen molar-refractivity contribution in [2.24, 2.45) is 0 Å². The Bertz CT molecular complexity index is 512. The van der Waals surface area contributed by atoms with Gasteiger partial charge in [-0.3, -0.25) is 9.69 Å². The van der Waals surface area contributed by atoms with Crippen LogP contribution in [0, 0.1) is 13.8 Å². The molecule has 3 heterocycles. The molecule has 2 fully saturated rings. The molecule has 0 spiro atoms. The first-order valence-corrected chi connectivity index (χ1v) is 8.36. The van der Waals surface area contributed by atoms with E-state index in [-0.39, 0.29) is 11.9 Å². The molecule has 7 heteroatoms. The molecule has 0 saturated carbocycles. The summed E-state index contributed by atoms with van der Waals surface area (Å²) in [5.41, 5.74) is 2.14. The largest absolute Gasteiger partial charge is 0.378 e. The van der Waals surface area contributed by atoms with E-state index in [1.807, 2.05) is 18.7 Å². The van der Waals surface area contributed by atoms with Crippen molar-refractivity contribution in [1.82, 2.24) is 20.3 Å². The van der Waals surface area contributed by atoms with Crippen LogP contribution in [0.4, 0.5) is 0 Å². The minimum Gasteiger partial charge on any atom is -0.378 e. The summed E-state index contributed by atoms with van der Waals surface area (Å²) in [4.78, 5) is 16.7. The normalized spacial score (nSPS) is 23.2. The van der Waals surface area contributed by atoms with Crippen LogP contribution in [0.3, 0.4) is 0 Å². The van der Waals surface area contributed by atoms with E-state index in [0.717, 1.165) is 57.3 Å². The number of nitrogens with one attached hydrogen (secondary N) is 1. The summed E-state index contributed by atoms with van der Waals surface area (Å²) in [5.74, 6) is 1.12. The number of carbonyl (C=O) groups excluding carboxylic acids is 1. The molecule has 1 N–H and O–H groups in total. The van der Waals surface area contributed by atoms with Crippen molar-refractivity contribution in [2.75, 3.05) is 45.9 Å². The highest BCUT2D eigenvalue weighted by atomic mass is 16.5. The van der Waals surface area contributed by atoms with E-state index in [4.69, 9.17) is 9.26 Å². The molecule has 1 aromatic rings. The van der Waals surface area contributed by atoms with Gasteiger partial charge in [0.25, 0.3) is 0 Å². The lowest BCUT2D eigenvalue weighted by molar-refractivity contribution is -0.134. The Morgan fingerprint density at radius 3 is 2.70 bits per heavy atom. The van der Waals surface area contributed by atoms with Crippen LogP contribution >= 0.6 is 0 Å². The molecule has 7 nitrogen and oxygen atoms in total. The van der Waals surface area contributed by atoms with Crippen molar-refractivity contribution < 1.29 is 14.1 Å². The Kier molecular flexibility index (Phi) is 5.30. The van der Waals surface area contributed by atoms with Gasteiger partial charge < -0.3 is 19.5 Å². The second-order valence-electron chi connectivity index (χ2n) is 6.39. The van der Waals surface area contributed by atoms with Gasteiger partial charge in [-0.25, -0.2) is 0 Å². The molecule has 3 rings (SSSR count). The third-order valence-electron chi connectivity index (χ3n) is 4.71. The molecule has 0 aromatic carbocycles. The van der Waals surface area contributed by atoms with E-state index in [9.17, 15) is 4.79 Å². The Hall–Kier alpha value is -1.44. The maximum atomic E-state index is 12.4. The van der Waals surface area contributed by atoms with Gasteiger partial charge >= 0.3 is 0 Å². The number of hydrogen-bond acceptors (Lipinski definition) is 6. The molecule has 0 radical (unpaired) electrons. The lowest BCUT2D eigenvalue weighted by Gasteiger charge is -2.35. The summed E-state index contributed by atoms with van der Waals surface area (Å²) in [6, 6.07) is 0.164. The van der Waals surface area contributed by atoms with Crippen LogP contribution in [0.15, 0.2) is 4.52 Å². The lowest BCUT2D eigenvalue weighted by Crippen LogP contribution is -2.51. The Labute approximate surface area is 136 Å². The van der Waals surface area contributed by atoms with E-state index < -0.39 is 0 Å². The van der Waals surface area contributed by atoms with Gasteiger partial charge in [0.15, 0.2) is 0 Å². The van der Waals surface area contributed by atoms with Gasteiger partial charge in [-0.2, -0.15) is 0 Å².